The summed E-state index contributed by atoms with van der Waals surface area (Å²) < 4.78 is 23.2. The lowest BCUT2D eigenvalue weighted by Gasteiger charge is -2.11. The number of carbonyl (C=O) groups is 1. The van der Waals surface area contributed by atoms with Crippen molar-refractivity contribution in [1.29, 1.82) is 0 Å². The summed E-state index contributed by atoms with van der Waals surface area (Å²) in [5, 5.41) is 3.09. The lowest BCUT2D eigenvalue weighted by atomic mass is 10.1. The van der Waals surface area contributed by atoms with E-state index in [0.717, 1.165) is 17.5 Å². The Balaban J connectivity index is 1.90. The van der Waals surface area contributed by atoms with Crippen LogP contribution in [0.5, 0.6) is 0 Å². The van der Waals surface area contributed by atoms with Gasteiger partial charge in [0.05, 0.1) is 31.9 Å². The Bertz CT molecular complexity index is 1120. The Morgan fingerprint density at radius 2 is 1.78 bits per heavy atom. The first kappa shape index (κ1) is 19.4. The van der Waals surface area contributed by atoms with Gasteiger partial charge in [0.25, 0.3) is 5.91 Å². The van der Waals surface area contributed by atoms with Gasteiger partial charge in [-0.05, 0) is 42.5 Å². The summed E-state index contributed by atoms with van der Waals surface area (Å²) >= 11 is 12.3. The Labute approximate surface area is 166 Å². The van der Waals surface area contributed by atoms with E-state index in [4.69, 9.17) is 23.2 Å². The summed E-state index contributed by atoms with van der Waals surface area (Å²) in [5.74, 6) is -0.500. The van der Waals surface area contributed by atoms with Crippen molar-refractivity contribution in [1.82, 2.24) is 4.98 Å². The number of sulfone groups is 1. The standard InChI is InChI=1S/C19H14Cl2N2O3S/c1-27(25,26)13-6-7-14(16(21)11-13)19(24)23-18-10-12(5-8-15(18)20)17-4-2-3-9-22-17/h2-11H,1H3,(H,23,24). The molecule has 27 heavy (non-hydrogen) atoms. The minimum Gasteiger partial charge on any atom is -0.321 e. The molecule has 0 spiro atoms. The second-order valence-corrected chi connectivity index (χ2v) is 8.61. The molecule has 3 aromatic rings. The van der Waals surface area contributed by atoms with Crippen LogP contribution in [0, 0.1) is 0 Å². The van der Waals surface area contributed by atoms with Crippen LogP contribution in [0.1, 0.15) is 10.4 Å². The molecule has 0 fully saturated rings. The number of nitrogens with one attached hydrogen (secondary N) is 1. The molecule has 1 aromatic heterocycles. The SMILES string of the molecule is CS(=O)(=O)c1ccc(C(=O)Nc2cc(-c3ccccn3)ccc2Cl)c(Cl)c1. The maximum atomic E-state index is 12.6. The molecule has 0 aliphatic heterocycles. The molecule has 1 heterocycles. The number of pyridine rings is 1. The fourth-order valence-corrected chi connectivity index (χ4v) is 3.56. The number of carbonyl (C=O) groups excluding carboxylic acids is 1. The molecule has 138 valence electrons. The molecule has 1 amide bonds. The number of benzene rings is 2. The second-order valence-electron chi connectivity index (χ2n) is 5.78. The number of hydrogen-bond donors (Lipinski definition) is 1. The first-order valence-corrected chi connectivity index (χ1v) is 10.4. The molecular formula is C19H14Cl2N2O3S. The summed E-state index contributed by atoms with van der Waals surface area (Å²) in [6, 6.07) is 14.6. The van der Waals surface area contributed by atoms with Crippen molar-refractivity contribution in [3.05, 3.63) is 76.4 Å². The third kappa shape index (κ3) is 4.47. The van der Waals surface area contributed by atoms with Gasteiger partial charge in [0.15, 0.2) is 9.84 Å². The molecule has 0 saturated heterocycles. The van der Waals surface area contributed by atoms with E-state index in [1.165, 1.54) is 18.2 Å². The number of amides is 1. The van der Waals surface area contributed by atoms with Crippen molar-refractivity contribution in [2.45, 2.75) is 4.90 Å². The van der Waals surface area contributed by atoms with Gasteiger partial charge in [0, 0.05) is 18.0 Å². The van der Waals surface area contributed by atoms with Gasteiger partial charge in [-0.25, -0.2) is 8.42 Å². The van der Waals surface area contributed by atoms with E-state index in [1.807, 2.05) is 18.2 Å². The predicted octanol–water partition coefficient (Wildman–Crippen LogP) is 4.71. The van der Waals surface area contributed by atoms with Gasteiger partial charge < -0.3 is 5.32 Å². The van der Waals surface area contributed by atoms with Gasteiger partial charge in [-0.2, -0.15) is 0 Å². The highest BCUT2D eigenvalue weighted by Gasteiger charge is 2.16. The smallest absolute Gasteiger partial charge is 0.257 e. The van der Waals surface area contributed by atoms with Crippen LogP contribution < -0.4 is 5.32 Å². The number of anilines is 1. The summed E-state index contributed by atoms with van der Waals surface area (Å²) in [4.78, 5) is 16.9. The topological polar surface area (TPSA) is 76.1 Å². The second kappa shape index (κ2) is 7.68. The Morgan fingerprint density at radius 1 is 1.00 bits per heavy atom. The third-order valence-corrected chi connectivity index (χ3v) is 5.54. The van der Waals surface area contributed by atoms with Crippen molar-refractivity contribution >= 4 is 44.6 Å². The number of rotatable bonds is 4. The van der Waals surface area contributed by atoms with Crippen LogP contribution >= 0.6 is 23.2 Å². The molecule has 0 unspecified atom stereocenters. The minimum atomic E-state index is -3.41. The number of nitrogens with zero attached hydrogens (tertiary/aromatic N) is 1. The molecule has 1 N–H and O–H groups in total. The molecule has 0 aliphatic rings. The van der Waals surface area contributed by atoms with E-state index in [1.54, 1.807) is 24.4 Å². The zero-order valence-electron chi connectivity index (χ0n) is 14.1. The number of aromatic nitrogens is 1. The molecule has 0 atom stereocenters. The van der Waals surface area contributed by atoms with E-state index in [9.17, 15) is 13.2 Å². The average Bonchev–Trinajstić information content (AvgIpc) is 2.63. The average molecular weight is 421 g/mol. The molecule has 3 rings (SSSR count). The molecule has 8 heteroatoms. The third-order valence-electron chi connectivity index (χ3n) is 3.79. The van der Waals surface area contributed by atoms with Crippen molar-refractivity contribution in [2.24, 2.45) is 0 Å². The maximum Gasteiger partial charge on any atom is 0.257 e. The van der Waals surface area contributed by atoms with Crippen LogP contribution in [0.25, 0.3) is 11.3 Å². The van der Waals surface area contributed by atoms with Crippen LogP contribution in [-0.2, 0) is 9.84 Å². The highest BCUT2D eigenvalue weighted by Crippen LogP contribution is 2.29. The Morgan fingerprint density at radius 3 is 2.41 bits per heavy atom. The monoisotopic (exact) mass is 420 g/mol. The zero-order chi connectivity index (χ0) is 19.6. The van der Waals surface area contributed by atoms with Crippen molar-refractivity contribution in [3.8, 4) is 11.3 Å². The lowest BCUT2D eigenvalue weighted by molar-refractivity contribution is 0.102. The van der Waals surface area contributed by atoms with Crippen LogP contribution in [0.3, 0.4) is 0 Å². The minimum absolute atomic E-state index is 0.0347. The van der Waals surface area contributed by atoms with Gasteiger partial charge in [0.1, 0.15) is 0 Å². The van der Waals surface area contributed by atoms with Gasteiger partial charge in [-0.3, -0.25) is 9.78 Å². The largest absolute Gasteiger partial charge is 0.321 e. The summed E-state index contributed by atoms with van der Waals surface area (Å²) in [5.41, 5.74) is 2.06. The first-order valence-electron chi connectivity index (χ1n) is 7.77. The van der Waals surface area contributed by atoms with Crippen LogP contribution in [0.4, 0.5) is 5.69 Å². The van der Waals surface area contributed by atoms with Crippen molar-refractivity contribution in [3.63, 3.8) is 0 Å². The van der Waals surface area contributed by atoms with E-state index in [2.05, 4.69) is 10.3 Å². The van der Waals surface area contributed by atoms with Gasteiger partial charge >= 0.3 is 0 Å². The molecule has 0 aliphatic carbocycles. The Kier molecular flexibility index (Phi) is 5.51. The highest BCUT2D eigenvalue weighted by molar-refractivity contribution is 7.90. The fourth-order valence-electron chi connectivity index (χ4n) is 2.41. The number of hydrogen-bond acceptors (Lipinski definition) is 4. The van der Waals surface area contributed by atoms with E-state index >= 15 is 0 Å². The zero-order valence-corrected chi connectivity index (χ0v) is 16.4. The normalized spacial score (nSPS) is 11.2. The maximum absolute atomic E-state index is 12.6. The summed E-state index contributed by atoms with van der Waals surface area (Å²) in [6.07, 6.45) is 2.74. The molecule has 0 bridgehead atoms. The van der Waals surface area contributed by atoms with E-state index in [0.29, 0.717) is 10.7 Å². The lowest BCUT2D eigenvalue weighted by Crippen LogP contribution is -2.13. The van der Waals surface area contributed by atoms with Gasteiger partial charge in [-0.1, -0.05) is 35.3 Å². The van der Waals surface area contributed by atoms with Crippen LogP contribution in [-0.4, -0.2) is 25.6 Å². The molecular weight excluding hydrogens is 407 g/mol. The first-order chi connectivity index (χ1) is 12.8. The molecule has 0 radical (unpaired) electrons. The van der Waals surface area contributed by atoms with Crippen LogP contribution in [0.15, 0.2) is 65.7 Å². The van der Waals surface area contributed by atoms with Gasteiger partial charge in [-0.15, -0.1) is 0 Å². The highest BCUT2D eigenvalue weighted by atomic mass is 35.5. The van der Waals surface area contributed by atoms with Crippen molar-refractivity contribution < 1.29 is 13.2 Å². The predicted molar refractivity (Wildman–Crippen MR) is 107 cm³/mol. The summed E-state index contributed by atoms with van der Waals surface area (Å²) in [6.45, 7) is 0. The van der Waals surface area contributed by atoms with E-state index in [-0.39, 0.29) is 15.5 Å². The molecule has 5 nitrogen and oxygen atoms in total. The van der Waals surface area contributed by atoms with Gasteiger partial charge in [0.2, 0.25) is 0 Å². The molecule has 2 aromatic carbocycles. The van der Waals surface area contributed by atoms with Crippen molar-refractivity contribution in [2.75, 3.05) is 11.6 Å². The number of halogens is 2. The molecule has 0 saturated carbocycles. The Hall–Kier alpha value is -2.41. The van der Waals surface area contributed by atoms with E-state index < -0.39 is 15.7 Å². The quantitative estimate of drug-likeness (QED) is 0.662. The fraction of sp³-hybridized carbons (Fsp3) is 0.0526. The van der Waals surface area contributed by atoms with Crippen LogP contribution in [0.2, 0.25) is 10.0 Å². The summed E-state index contributed by atoms with van der Waals surface area (Å²) in [7, 11) is -3.41.